The van der Waals surface area contributed by atoms with Gasteiger partial charge in [0.05, 0.1) is 5.69 Å². The van der Waals surface area contributed by atoms with E-state index in [0.717, 1.165) is 5.56 Å². The van der Waals surface area contributed by atoms with E-state index in [1.54, 1.807) is 6.07 Å². The van der Waals surface area contributed by atoms with E-state index in [-0.39, 0.29) is 17.6 Å². The van der Waals surface area contributed by atoms with Crippen LogP contribution in [0.5, 0.6) is 0 Å². The summed E-state index contributed by atoms with van der Waals surface area (Å²) in [7, 11) is 0. The molecule has 3 nitrogen and oxygen atoms in total. The van der Waals surface area contributed by atoms with Crippen LogP contribution in [0.15, 0.2) is 18.2 Å². The molecule has 0 aromatic heterocycles. The molecule has 1 atom stereocenters. The van der Waals surface area contributed by atoms with E-state index >= 15 is 0 Å². The fraction of sp³-hybridized carbons (Fsp3) is 0.364. The van der Waals surface area contributed by atoms with E-state index in [9.17, 15) is 9.18 Å². The standard InChI is InChI=1S/C11H13FN2O/c12-9-3-1-2-7-6-8(4-5-13)11(15)14-10(7)9/h1-3,8H,4-6,13H2,(H,14,15). The van der Waals surface area contributed by atoms with Crippen LogP contribution >= 0.6 is 0 Å². The predicted molar refractivity (Wildman–Crippen MR) is 55.9 cm³/mol. The molecule has 0 bridgehead atoms. The number of anilines is 1. The molecular formula is C11H13FN2O. The lowest BCUT2D eigenvalue weighted by Crippen LogP contribution is -2.31. The van der Waals surface area contributed by atoms with Gasteiger partial charge in [-0.15, -0.1) is 0 Å². The van der Waals surface area contributed by atoms with Gasteiger partial charge in [-0.1, -0.05) is 12.1 Å². The van der Waals surface area contributed by atoms with Gasteiger partial charge in [0, 0.05) is 5.92 Å². The molecular weight excluding hydrogens is 195 g/mol. The van der Waals surface area contributed by atoms with E-state index < -0.39 is 0 Å². The Bertz CT molecular complexity index is 392. The Labute approximate surface area is 87.5 Å². The summed E-state index contributed by atoms with van der Waals surface area (Å²) in [6.07, 6.45) is 1.22. The number of nitrogens with two attached hydrogens (primary N) is 1. The SMILES string of the molecule is NCCC1Cc2cccc(F)c2NC1=O. The number of hydrogen-bond acceptors (Lipinski definition) is 2. The number of benzene rings is 1. The molecule has 0 saturated heterocycles. The molecule has 1 aromatic carbocycles. The Morgan fingerprint density at radius 3 is 3.07 bits per heavy atom. The molecule has 1 unspecified atom stereocenters. The van der Waals surface area contributed by atoms with Gasteiger partial charge in [-0.3, -0.25) is 4.79 Å². The molecule has 1 aromatic rings. The smallest absolute Gasteiger partial charge is 0.227 e. The summed E-state index contributed by atoms with van der Waals surface area (Å²) in [5, 5.41) is 2.59. The number of carbonyl (C=O) groups excluding carboxylic acids is 1. The predicted octanol–water partition coefficient (Wildman–Crippen LogP) is 1.29. The summed E-state index contributed by atoms with van der Waals surface area (Å²) in [4.78, 5) is 11.6. The van der Waals surface area contributed by atoms with E-state index in [1.807, 2.05) is 6.07 Å². The number of carbonyl (C=O) groups is 1. The third-order valence-corrected chi connectivity index (χ3v) is 2.70. The van der Waals surface area contributed by atoms with Crippen LogP contribution in [0, 0.1) is 11.7 Å². The van der Waals surface area contributed by atoms with Crippen molar-refractivity contribution in [2.75, 3.05) is 11.9 Å². The lowest BCUT2D eigenvalue weighted by Gasteiger charge is -2.24. The summed E-state index contributed by atoms with van der Waals surface area (Å²) >= 11 is 0. The van der Waals surface area contributed by atoms with Gasteiger partial charge >= 0.3 is 0 Å². The Morgan fingerprint density at radius 2 is 2.33 bits per heavy atom. The van der Waals surface area contributed by atoms with Crippen molar-refractivity contribution in [3.63, 3.8) is 0 Å². The summed E-state index contributed by atoms with van der Waals surface area (Å²) in [5.41, 5.74) is 6.60. The Morgan fingerprint density at radius 1 is 1.53 bits per heavy atom. The van der Waals surface area contributed by atoms with E-state index in [4.69, 9.17) is 5.73 Å². The number of fused-ring (bicyclic) bond motifs is 1. The van der Waals surface area contributed by atoms with Crippen molar-refractivity contribution in [1.82, 2.24) is 0 Å². The summed E-state index contributed by atoms with van der Waals surface area (Å²) < 4.78 is 13.3. The molecule has 4 heteroatoms. The van der Waals surface area contributed by atoms with Crippen molar-refractivity contribution in [3.05, 3.63) is 29.6 Å². The highest BCUT2D eigenvalue weighted by Crippen LogP contribution is 2.28. The highest BCUT2D eigenvalue weighted by Gasteiger charge is 2.26. The molecule has 0 spiro atoms. The summed E-state index contributed by atoms with van der Waals surface area (Å²) in [6.45, 7) is 0.475. The second-order valence-corrected chi connectivity index (χ2v) is 3.74. The first-order valence-electron chi connectivity index (χ1n) is 5.00. The molecule has 1 aliphatic rings. The first kappa shape index (κ1) is 10.1. The average Bonchev–Trinajstić information content (AvgIpc) is 2.21. The molecule has 0 fully saturated rings. The minimum atomic E-state index is -0.368. The zero-order chi connectivity index (χ0) is 10.8. The lowest BCUT2D eigenvalue weighted by atomic mass is 9.90. The van der Waals surface area contributed by atoms with Crippen molar-refractivity contribution in [3.8, 4) is 0 Å². The highest BCUT2D eigenvalue weighted by atomic mass is 19.1. The van der Waals surface area contributed by atoms with Gasteiger partial charge in [-0.05, 0) is 31.0 Å². The molecule has 1 amide bonds. The Hall–Kier alpha value is -1.42. The number of halogens is 1. The van der Waals surface area contributed by atoms with Crippen molar-refractivity contribution in [2.45, 2.75) is 12.8 Å². The van der Waals surface area contributed by atoms with Gasteiger partial charge in [0.25, 0.3) is 0 Å². The topological polar surface area (TPSA) is 55.1 Å². The first-order chi connectivity index (χ1) is 7.22. The number of hydrogen-bond donors (Lipinski definition) is 2. The van der Waals surface area contributed by atoms with Crippen LogP contribution in [0.2, 0.25) is 0 Å². The van der Waals surface area contributed by atoms with Crippen LogP contribution in [0.4, 0.5) is 10.1 Å². The molecule has 0 aliphatic carbocycles. The number of amides is 1. The van der Waals surface area contributed by atoms with E-state index in [2.05, 4.69) is 5.32 Å². The van der Waals surface area contributed by atoms with Crippen molar-refractivity contribution < 1.29 is 9.18 Å². The van der Waals surface area contributed by atoms with Gasteiger partial charge in [-0.25, -0.2) is 4.39 Å². The van der Waals surface area contributed by atoms with Crippen molar-refractivity contribution in [1.29, 1.82) is 0 Å². The van der Waals surface area contributed by atoms with Gasteiger partial charge < -0.3 is 11.1 Å². The number of para-hydroxylation sites is 1. The van der Waals surface area contributed by atoms with Crippen LogP contribution in [-0.4, -0.2) is 12.5 Å². The zero-order valence-electron chi connectivity index (χ0n) is 8.29. The third-order valence-electron chi connectivity index (χ3n) is 2.70. The van der Waals surface area contributed by atoms with E-state index in [0.29, 0.717) is 25.1 Å². The molecule has 1 aliphatic heterocycles. The minimum absolute atomic E-state index is 0.121. The monoisotopic (exact) mass is 208 g/mol. The second-order valence-electron chi connectivity index (χ2n) is 3.74. The lowest BCUT2D eigenvalue weighted by molar-refractivity contribution is -0.120. The largest absolute Gasteiger partial charge is 0.330 e. The number of rotatable bonds is 2. The molecule has 1 heterocycles. The highest BCUT2D eigenvalue weighted by molar-refractivity contribution is 5.95. The molecule has 80 valence electrons. The maximum absolute atomic E-state index is 13.3. The van der Waals surface area contributed by atoms with Crippen LogP contribution in [-0.2, 0) is 11.2 Å². The molecule has 2 rings (SSSR count). The van der Waals surface area contributed by atoms with Gasteiger partial charge in [0.2, 0.25) is 5.91 Å². The summed E-state index contributed by atoms with van der Waals surface area (Å²) in [6, 6.07) is 4.84. The van der Waals surface area contributed by atoms with Crippen LogP contribution < -0.4 is 11.1 Å². The molecule has 0 saturated carbocycles. The van der Waals surface area contributed by atoms with Gasteiger partial charge in [0.1, 0.15) is 5.82 Å². The maximum Gasteiger partial charge on any atom is 0.227 e. The molecule has 0 radical (unpaired) electrons. The normalized spacial score (nSPS) is 19.6. The van der Waals surface area contributed by atoms with Crippen LogP contribution in [0.1, 0.15) is 12.0 Å². The van der Waals surface area contributed by atoms with Gasteiger partial charge in [-0.2, -0.15) is 0 Å². The van der Waals surface area contributed by atoms with Crippen molar-refractivity contribution >= 4 is 11.6 Å². The quantitative estimate of drug-likeness (QED) is 0.769. The Kier molecular flexibility index (Phi) is 2.68. The Balaban J connectivity index is 2.30. The fourth-order valence-electron chi connectivity index (χ4n) is 1.90. The fourth-order valence-corrected chi connectivity index (χ4v) is 1.90. The average molecular weight is 208 g/mol. The first-order valence-corrected chi connectivity index (χ1v) is 5.00. The molecule has 3 N–H and O–H groups in total. The minimum Gasteiger partial charge on any atom is -0.330 e. The van der Waals surface area contributed by atoms with Crippen LogP contribution in [0.25, 0.3) is 0 Å². The number of nitrogens with one attached hydrogen (secondary N) is 1. The zero-order valence-corrected chi connectivity index (χ0v) is 8.29. The van der Waals surface area contributed by atoms with E-state index in [1.165, 1.54) is 6.07 Å². The molecule has 15 heavy (non-hydrogen) atoms. The maximum atomic E-state index is 13.3. The summed E-state index contributed by atoms with van der Waals surface area (Å²) in [5.74, 6) is -0.616. The van der Waals surface area contributed by atoms with Crippen molar-refractivity contribution in [2.24, 2.45) is 11.7 Å². The second kappa shape index (κ2) is 3.98. The van der Waals surface area contributed by atoms with Gasteiger partial charge in [0.15, 0.2) is 0 Å². The van der Waals surface area contributed by atoms with Crippen LogP contribution in [0.3, 0.4) is 0 Å². The third kappa shape index (κ3) is 1.85.